The van der Waals surface area contributed by atoms with Gasteiger partial charge in [0.2, 0.25) is 0 Å². The fourth-order valence-corrected chi connectivity index (χ4v) is 2.57. The van der Waals surface area contributed by atoms with Crippen LogP contribution in [0.15, 0.2) is 45.8 Å². The van der Waals surface area contributed by atoms with Gasteiger partial charge in [-0.3, -0.25) is 4.79 Å². The molecule has 0 bridgehead atoms. The summed E-state index contributed by atoms with van der Waals surface area (Å²) < 4.78 is 9.98. The number of anilines is 1. The van der Waals surface area contributed by atoms with E-state index in [4.69, 9.17) is 20.8 Å². The predicted octanol–water partition coefficient (Wildman–Crippen LogP) is 3.17. The van der Waals surface area contributed by atoms with Gasteiger partial charge in [0.1, 0.15) is 11.3 Å². The number of ether oxygens (including phenoxy) is 1. The number of para-hydroxylation sites is 1. The molecule has 0 spiro atoms. The van der Waals surface area contributed by atoms with Crippen molar-refractivity contribution in [3.8, 4) is 0 Å². The van der Waals surface area contributed by atoms with Crippen LogP contribution in [0.5, 0.6) is 0 Å². The van der Waals surface area contributed by atoms with Crippen LogP contribution in [0.25, 0.3) is 10.9 Å². The minimum Gasteiger partial charge on any atom is -0.467 e. The molecule has 118 valence electrons. The van der Waals surface area contributed by atoms with Crippen molar-refractivity contribution in [2.75, 3.05) is 12.4 Å². The van der Waals surface area contributed by atoms with Crippen molar-refractivity contribution in [1.82, 2.24) is 4.98 Å². The number of halogens is 1. The van der Waals surface area contributed by atoms with Gasteiger partial charge in [0.25, 0.3) is 5.56 Å². The Morgan fingerprint density at radius 2 is 2.17 bits per heavy atom. The summed E-state index contributed by atoms with van der Waals surface area (Å²) in [4.78, 5) is 26.9. The SMILES string of the molecule is COC(=O)c1c(NCc2ccco2)c2cccc(Cl)c2[nH]c1=O. The van der Waals surface area contributed by atoms with E-state index in [1.807, 2.05) is 0 Å². The van der Waals surface area contributed by atoms with E-state index in [1.54, 1.807) is 36.6 Å². The van der Waals surface area contributed by atoms with Gasteiger partial charge in [0, 0.05) is 5.39 Å². The number of furan rings is 1. The Bertz CT molecular complexity index is 916. The lowest BCUT2D eigenvalue weighted by Gasteiger charge is -2.13. The molecule has 0 aliphatic carbocycles. The lowest BCUT2D eigenvalue weighted by atomic mass is 10.1. The summed E-state index contributed by atoms with van der Waals surface area (Å²) in [6.07, 6.45) is 1.55. The van der Waals surface area contributed by atoms with Crippen molar-refractivity contribution in [3.63, 3.8) is 0 Å². The zero-order valence-corrected chi connectivity index (χ0v) is 12.9. The van der Waals surface area contributed by atoms with Crippen molar-refractivity contribution in [2.24, 2.45) is 0 Å². The molecular formula is C16H13ClN2O4. The maximum absolute atomic E-state index is 12.3. The molecule has 3 rings (SSSR count). The number of esters is 1. The van der Waals surface area contributed by atoms with Crippen LogP contribution in [0, 0.1) is 0 Å². The zero-order valence-electron chi connectivity index (χ0n) is 12.2. The first-order valence-electron chi connectivity index (χ1n) is 6.81. The highest BCUT2D eigenvalue weighted by Gasteiger charge is 2.21. The van der Waals surface area contributed by atoms with Crippen LogP contribution in [0.3, 0.4) is 0 Å². The van der Waals surface area contributed by atoms with Crippen molar-refractivity contribution >= 4 is 34.2 Å². The molecule has 0 unspecified atom stereocenters. The van der Waals surface area contributed by atoms with Crippen LogP contribution in [0.1, 0.15) is 16.1 Å². The molecule has 0 aliphatic heterocycles. The second-order valence-corrected chi connectivity index (χ2v) is 5.20. The molecule has 0 saturated carbocycles. The minimum atomic E-state index is -0.727. The lowest BCUT2D eigenvalue weighted by Crippen LogP contribution is -2.22. The molecule has 0 radical (unpaired) electrons. The molecule has 7 heteroatoms. The maximum atomic E-state index is 12.3. The number of pyridine rings is 1. The smallest absolute Gasteiger partial charge is 0.345 e. The van der Waals surface area contributed by atoms with Crippen LogP contribution in [0.2, 0.25) is 5.02 Å². The van der Waals surface area contributed by atoms with E-state index in [0.29, 0.717) is 33.9 Å². The number of H-pyrrole nitrogens is 1. The van der Waals surface area contributed by atoms with Crippen molar-refractivity contribution in [1.29, 1.82) is 0 Å². The Morgan fingerprint density at radius 1 is 1.35 bits per heavy atom. The number of nitrogens with one attached hydrogen (secondary N) is 2. The normalized spacial score (nSPS) is 10.7. The molecule has 2 heterocycles. The molecule has 0 fully saturated rings. The fourth-order valence-electron chi connectivity index (χ4n) is 2.35. The van der Waals surface area contributed by atoms with Crippen LogP contribution in [-0.2, 0) is 11.3 Å². The van der Waals surface area contributed by atoms with Crippen LogP contribution in [0.4, 0.5) is 5.69 Å². The Kier molecular flexibility index (Phi) is 4.08. The topological polar surface area (TPSA) is 84.3 Å². The Balaban J connectivity index is 2.19. The second-order valence-electron chi connectivity index (χ2n) is 4.79. The van der Waals surface area contributed by atoms with E-state index < -0.39 is 11.5 Å². The molecule has 2 aromatic heterocycles. The quantitative estimate of drug-likeness (QED) is 0.717. The first kappa shape index (κ1) is 15.2. The summed E-state index contributed by atoms with van der Waals surface area (Å²) in [6.45, 7) is 0.308. The van der Waals surface area contributed by atoms with Gasteiger partial charge in [0.05, 0.1) is 36.1 Å². The number of carbonyl (C=O) groups excluding carboxylic acids is 1. The number of aromatic amines is 1. The van der Waals surface area contributed by atoms with Crippen LogP contribution < -0.4 is 10.9 Å². The molecule has 0 saturated heterocycles. The summed E-state index contributed by atoms with van der Waals surface area (Å²) in [5, 5.41) is 4.07. The summed E-state index contributed by atoms with van der Waals surface area (Å²) in [5.41, 5.74) is 0.136. The first-order chi connectivity index (χ1) is 11.1. The van der Waals surface area contributed by atoms with Crippen LogP contribution in [-0.4, -0.2) is 18.1 Å². The highest BCUT2D eigenvalue weighted by atomic mass is 35.5. The molecular weight excluding hydrogens is 320 g/mol. The first-order valence-corrected chi connectivity index (χ1v) is 7.18. The van der Waals surface area contributed by atoms with Gasteiger partial charge in [-0.1, -0.05) is 23.7 Å². The van der Waals surface area contributed by atoms with Gasteiger partial charge in [-0.15, -0.1) is 0 Å². The molecule has 6 nitrogen and oxygen atoms in total. The Morgan fingerprint density at radius 3 is 2.87 bits per heavy atom. The number of carbonyl (C=O) groups is 1. The van der Waals surface area contributed by atoms with Crippen LogP contribution >= 0.6 is 11.6 Å². The number of benzene rings is 1. The van der Waals surface area contributed by atoms with Gasteiger partial charge in [-0.2, -0.15) is 0 Å². The fraction of sp³-hybridized carbons (Fsp3) is 0.125. The average Bonchev–Trinajstić information content (AvgIpc) is 3.06. The number of fused-ring (bicyclic) bond motifs is 1. The predicted molar refractivity (Wildman–Crippen MR) is 87.0 cm³/mol. The average molecular weight is 333 g/mol. The van der Waals surface area contributed by atoms with E-state index in [1.165, 1.54) is 7.11 Å². The standard InChI is InChI=1S/C16H13ClN2O4/c1-22-16(21)12-14(18-8-9-4-3-7-23-9)10-5-2-6-11(17)13(10)19-15(12)20/h2-7H,8H2,1H3,(H2,18,19,20). The van der Waals surface area contributed by atoms with Crippen molar-refractivity contribution in [2.45, 2.75) is 6.54 Å². The summed E-state index contributed by atoms with van der Waals surface area (Å²) in [7, 11) is 1.22. The second kappa shape index (κ2) is 6.18. The van der Waals surface area contributed by atoms with E-state index in [9.17, 15) is 9.59 Å². The third-order valence-electron chi connectivity index (χ3n) is 3.41. The van der Waals surface area contributed by atoms with Crippen molar-refractivity contribution < 1.29 is 13.9 Å². The Labute approximate surface area is 136 Å². The minimum absolute atomic E-state index is 0.103. The number of hydrogen-bond donors (Lipinski definition) is 2. The van der Waals surface area contributed by atoms with E-state index >= 15 is 0 Å². The summed E-state index contributed by atoms with van der Waals surface area (Å²) >= 11 is 6.13. The molecule has 2 N–H and O–H groups in total. The van der Waals surface area contributed by atoms with Gasteiger partial charge in [-0.05, 0) is 18.2 Å². The summed E-state index contributed by atoms with van der Waals surface area (Å²) in [5.74, 6) is -0.0636. The molecule has 23 heavy (non-hydrogen) atoms. The third kappa shape index (κ3) is 2.80. The van der Waals surface area contributed by atoms with E-state index in [-0.39, 0.29) is 5.56 Å². The van der Waals surface area contributed by atoms with Gasteiger partial charge < -0.3 is 19.5 Å². The molecule has 0 atom stereocenters. The molecule has 1 aromatic carbocycles. The lowest BCUT2D eigenvalue weighted by molar-refractivity contribution is 0.0600. The van der Waals surface area contributed by atoms with Gasteiger partial charge in [0.15, 0.2) is 0 Å². The highest BCUT2D eigenvalue weighted by Crippen LogP contribution is 2.29. The monoisotopic (exact) mass is 332 g/mol. The largest absolute Gasteiger partial charge is 0.467 e. The maximum Gasteiger partial charge on any atom is 0.345 e. The number of aromatic nitrogens is 1. The van der Waals surface area contributed by atoms with E-state index in [0.717, 1.165) is 0 Å². The Hall–Kier alpha value is -2.73. The van der Waals surface area contributed by atoms with E-state index in [2.05, 4.69) is 10.3 Å². The number of hydrogen-bond acceptors (Lipinski definition) is 5. The molecule has 0 amide bonds. The van der Waals surface area contributed by atoms with Gasteiger partial charge >= 0.3 is 5.97 Å². The molecule has 3 aromatic rings. The summed E-state index contributed by atoms with van der Waals surface area (Å²) in [6, 6.07) is 8.70. The van der Waals surface area contributed by atoms with Gasteiger partial charge in [-0.25, -0.2) is 4.79 Å². The van der Waals surface area contributed by atoms with Crippen molar-refractivity contribution in [3.05, 3.63) is 63.3 Å². The number of methoxy groups -OCH3 is 1. The molecule has 0 aliphatic rings. The zero-order chi connectivity index (χ0) is 16.4. The third-order valence-corrected chi connectivity index (χ3v) is 3.72. The highest BCUT2D eigenvalue weighted by molar-refractivity contribution is 6.35. The number of rotatable bonds is 4.